The quantitative estimate of drug-likeness (QED) is 0.197. The number of hydrogen-bond acceptors (Lipinski definition) is 3. The molecule has 2 aromatic carbocycles. The summed E-state index contributed by atoms with van der Waals surface area (Å²) in [5.41, 5.74) is 1.07. The first-order chi connectivity index (χ1) is 17.7. The SMILES string of the molecule is C#CC(CN(CCCOC1=CC=C/C(=C\C(=O)O)C1)Cc1cccc(C(F)(F)F)c1Cl)c1ccccc1. The van der Waals surface area contributed by atoms with Crippen LogP contribution in [0.15, 0.2) is 84.2 Å². The fraction of sp³-hybridized carbons (Fsp3) is 0.276. The van der Waals surface area contributed by atoms with E-state index >= 15 is 0 Å². The average molecular weight is 530 g/mol. The Labute approximate surface area is 219 Å². The minimum Gasteiger partial charge on any atom is -0.498 e. The number of carboxylic acids is 1. The molecule has 37 heavy (non-hydrogen) atoms. The van der Waals surface area contributed by atoms with Crippen LogP contribution >= 0.6 is 11.6 Å². The maximum atomic E-state index is 13.4. The molecule has 4 nitrogen and oxygen atoms in total. The van der Waals surface area contributed by atoms with Crippen LogP contribution < -0.4 is 0 Å². The van der Waals surface area contributed by atoms with Crippen molar-refractivity contribution in [3.05, 3.63) is 106 Å². The summed E-state index contributed by atoms with van der Waals surface area (Å²) in [5, 5.41) is 8.63. The molecule has 0 bridgehead atoms. The highest BCUT2D eigenvalue weighted by molar-refractivity contribution is 6.32. The molecule has 0 radical (unpaired) electrons. The fourth-order valence-corrected chi connectivity index (χ4v) is 4.33. The molecule has 0 aromatic heterocycles. The van der Waals surface area contributed by atoms with Crippen molar-refractivity contribution < 1.29 is 27.8 Å². The second kappa shape index (κ2) is 13.2. The Balaban J connectivity index is 1.70. The summed E-state index contributed by atoms with van der Waals surface area (Å²) >= 11 is 6.16. The lowest BCUT2D eigenvalue weighted by Gasteiger charge is -2.27. The molecule has 0 saturated heterocycles. The first-order valence-electron chi connectivity index (χ1n) is 11.7. The van der Waals surface area contributed by atoms with E-state index in [4.69, 9.17) is 27.9 Å². The Morgan fingerprint density at radius 2 is 1.97 bits per heavy atom. The Morgan fingerprint density at radius 3 is 2.65 bits per heavy atom. The summed E-state index contributed by atoms with van der Waals surface area (Å²) in [6, 6.07) is 13.4. The fourth-order valence-electron chi connectivity index (χ4n) is 4.04. The molecule has 1 aliphatic rings. The summed E-state index contributed by atoms with van der Waals surface area (Å²) in [6.45, 7) is 1.45. The highest BCUT2D eigenvalue weighted by Gasteiger charge is 2.34. The molecule has 0 aliphatic heterocycles. The molecule has 1 atom stereocenters. The normalized spacial score (nSPS) is 15.4. The second-order valence-corrected chi connectivity index (χ2v) is 8.95. The predicted molar refractivity (Wildman–Crippen MR) is 138 cm³/mol. The standard InChI is InChI=1S/C29H27ClF3NO3/c1-2-22(23-10-4-3-5-11-23)19-34(20-24-12-7-14-26(28(24)30)29(31,32)33)15-8-16-37-25-13-6-9-21(17-25)18-27(35)36/h1,3-7,9-14,18,22H,8,15-17,19-20H2,(H,35,36)/b21-18+. The molecule has 0 amide bonds. The van der Waals surface area contributed by atoms with Gasteiger partial charge in [0.1, 0.15) is 5.76 Å². The maximum Gasteiger partial charge on any atom is 0.417 e. The monoisotopic (exact) mass is 529 g/mol. The van der Waals surface area contributed by atoms with E-state index in [1.54, 1.807) is 24.3 Å². The van der Waals surface area contributed by atoms with Gasteiger partial charge < -0.3 is 9.84 Å². The van der Waals surface area contributed by atoms with Gasteiger partial charge in [-0.2, -0.15) is 13.2 Å². The van der Waals surface area contributed by atoms with Crippen LogP contribution in [0, 0.1) is 12.3 Å². The molecule has 0 heterocycles. The molecule has 1 N–H and O–H groups in total. The van der Waals surface area contributed by atoms with Crippen LogP contribution in [0.5, 0.6) is 0 Å². The van der Waals surface area contributed by atoms with Crippen molar-refractivity contribution in [3.8, 4) is 12.3 Å². The van der Waals surface area contributed by atoms with Crippen molar-refractivity contribution in [2.75, 3.05) is 19.7 Å². The number of allylic oxidation sites excluding steroid dienone is 4. The minimum absolute atomic E-state index is 0.185. The van der Waals surface area contributed by atoms with Gasteiger partial charge in [0.25, 0.3) is 0 Å². The highest BCUT2D eigenvalue weighted by Crippen LogP contribution is 2.36. The van der Waals surface area contributed by atoms with E-state index in [0.717, 1.165) is 17.7 Å². The van der Waals surface area contributed by atoms with Crippen molar-refractivity contribution in [3.63, 3.8) is 0 Å². The van der Waals surface area contributed by atoms with E-state index in [9.17, 15) is 18.0 Å². The molecule has 3 rings (SSSR count). The third-order valence-corrected chi connectivity index (χ3v) is 6.25. The Bertz CT molecular complexity index is 1210. The van der Waals surface area contributed by atoms with E-state index in [1.807, 2.05) is 35.2 Å². The van der Waals surface area contributed by atoms with E-state index < -0.39 is 17.7 Å². The van der Waals surface area contributed by atoms with Gasteiger partial charge in [-0.3, -0.25) is 4.90 Å². The Hall–Kier alpha value is -3.47. The van der Waals surface area contributed by atoms with Gasteiger partial charge in [0, 0.05) is 32.1 Å². The number of rotatable bonds is 11. The smallest absolute Gasteiger partial charge is 0.417 e. The minimum atomic E-state index is -4.55. The lowest BCUT2D eigenvalue weighted by Crippen LogP contribution is -2.30. The van der Waals surface area contributed by atoms with Gasteiger partial charge in [-0.05, 0) is 35.3 Å². The van der Waals surface area contributed by atoms with Crippen LogP contribution in [0.2, 0.25) is 5.02 Å². The van der Waals surface area contributed by atoms with Gasteiger partial charge in [-0.15, -0.1) is 6.42 Å². The molecule has 0 fully saturated rings. The zero-order valence-corrected chi connectivity index (χ0v) is 20.8. The second-order valence-electron chi connectivity index (χ2n) is 8.57. The van der Waals surface area contributed by atoms with E-state index in [-0.39, 0.29) is 17.5 Å². The van der Waals surface area contributed by atoms with E-state index in [2.05, 4.69) is 5.92 Å². The van der Waals surface area contributed by atoms with Crippen LogP contribution in [-0.4, -0.2) is 35.7 Å². The molecule has 0 saturated carbocycles. The Morgan fingerprint density at radius 1 is 1.22 bits per heavy atom. The van der Waals surface area contributed by atoms with Crippen LogP contribution in [0.25, 0.3) is 0 Å². The number of ether oxygens (including phenoxy) is 1. The number of halogens is 4. The summed E-state index contributed by atoms with van der Waals surface area (Å²) in [6.07, 6.45) is 8.58. The number of hydrogen-bond donors (Lipinski definition) is 1. The van der Waals surface area contributed by atoms with Crippen molar-refractivity contribution in [1.29, 1.82) is 0 Å². The van der Waals surface area contributed by atoms with Gasteiger partial charge in [-0.1, -0.05) is 72.1 Å². The zero-order valence-electron chi connectivity index (χ0n) is 20.0. The molecule has 2 aromatic rings. The van der Waals surface area contributed by atoms with Crippen LogP contribution in [-0.2, 0) is 22.3 Å². The number of nitrogens with zero attached hydrogens (tertiary/aromatic N) is 1. The summed E-state index contributed by atoms with van der Waals surface area (Å²) in [4.78, 5) is 12.9. The third kappa shape index (κ3) is 8.56. The number of benzene rings is 2. The van der Waals surface area contributed by atoms with Crippen molar-refractivity contribution in [2.24, 2.45) is 0 Å². The average Bonchev–Trinajstić information content (AvgIpc) is 2.85. The third-order valence-electron chi connectivity index (χ3n) is 5.81. The lowest BCUT2D eigenvalue weighted by atomic mass is 9.99. The van der Waals surface area contributed by atoms with Crippen LogP contribution in [0.1, 0.15) is 35.4 Å². The molecule has 1 unspecified atom stereocenters. The molecule has 194 valence electrons. The molecule has 8 heteroatoms. The first kappa shape index (κ1) is 28.1. The summed E-state index contributed by atoms with van der Waals surface area (Å²) in [5.74, 6) is 2.15. The summed E-state index contributed by atoms with van der Waals surface area (Å²) in [7, 11) is 0. The van der Waals surface area contributed by atoms with Crippen molar-refractivity contribution in [1.82, 2.24) is 4.90 Å². The van der Waals surface area contributed by atoms with Crippen LogP contribution in [0.4, 0.5) is 13.2 Å². The van der Waals surface area contributed by atoms with Crippen molar-refractivity contribution in [2.45, 2.75) is 31.5 Å². The molecule has 1 aliphatic carbocycles. The highest BCUT2D eigenvalue weighted by atomic mass is 35.5. The van der Waals surface area contributed by atoms with Crippen molar-refractivity contribution >= 4 is 17.6 Å². The Kier molecular flexibility index (Phi) is 10.0. The number of terminal acetylenes is 1. The van der Waals surface area contributed by atoms with Gasteiger partial charge >= 0.3 is 12.1 Å². The van der Waals surface area contributed by atoms with Gasteiger partial charge in [-0.25, -0.2) is 4.79 Å². The molecule has 0 spiro atoms. The number of carboxylic acid groups (broad SMARTS) is 1. The number of carbonyl (C=O) groups is 1. The zero-order chi connectivity index (χ0) is 26.8. The maximum absolute atomic E-state index is 13.4. The van der Waals surface area contributed by atoms with E-state index in [1.165, 1.54) is 6.07 Å². The first-order valence-corrected chi connectivity index (χ1v) is 12.1. The van der Waals surface area contributed by atoms with Gasteiger partial charge in [0.05, 0.1) is 23.1 Å². The largest absolute Gasteiger partial charge is 0.498 e. The van der Waals surface area contributed by atoms with Gasteiger partial charge in [0.15, 0.2) is 0 Å². The topological polar surface area (TPSA) is 49.8 Å². The molecular formula is C29H27ClF3NO3. The molecular weight excluding hydrogens is 503 g/mol. The number of alkyl halides is 3. The lowest BCUT2D eigenvalue weighted by molar-refractivity contribution is -0.137. The summed E-state index contributed by atoms with van der Waals surface area (Å²) < 4.78 is 46.0. The number of aliphatic carboxylic acids is 1. The van der Waals surface area contributed by atoms with Crippen LogP contribution in [0.3, 0.4) is 0 Å². The predicted octanol–water partition coefficient (Wildman–Crippen LogP) is 6.84. The van der Waals surface area contributed by atoms with Gasteiger partial charge in [0.2, 0.25) is 0 Å². The van der Waals surface area contributed by atoms with E-state index in [0.29, 0.717) is 49.4 Å².